The van der Waals surface area contributed by atoms with Crippen molar-refractivity contribution in [3.63, 3.8) is 0 Å². The molecule has 0 spiro atoms. The van der Waals surface area contributed by atoms with E-state index in [0.29, 0.717) is 0 Å². The van der Waals surface area contributed by atoms with Crippen molar-refractivity contribution < 1.29 is 21.6 Å². The Morgan fingerprint density at radius 1 is 1.18 bits per heavy atom. The Balaban J connectivity index is 3.15. The summed E-state index contributed by atoms with van der Waals surface area (Å²) in [4.78, 5) is -0.0962. The second-order valence-corrected chi connectivity index (χ2v) is 9.20. The number of hydrogen-bond donors (Lipinski definition) is 0. The first-order valence-corrected chi connectivity index (χ1v) is 7.18. The number of hydrogen-bond acceptors (Lipinski definition) is 2. The van der Waals surface area contributed by atoms with E-state index >= 15 is 0 Å². The summed E-state index contributed by atoms with van der Waals surface area (Å²) in [5.74, 6) is 0. The highest BCUT2D eigenvalue weighted by molar-refractivity contribution is 14.1. The van der Waals surface area contributed by atoms with Crippen LogP contribution in [0.25, 0.3) is 0 Å². The summed E-state index contributed by atoms with van der Waals surface area (Å²) in [5.41, 5.74) is 0. The van der Waals surface area contributed by atoms with Gasteiger partial charge in [-0.3, -0.25) is 0 Å². The van der Waals surface area contributed by atoms with Gasteiger partial charge in [-0.25, -0.2) is 8.42 Å². The van der Waals surface area contributed by atoms with Gasteiger partial charge in [0, 0.05) is 0 Å². The van der Waals surface area contributed by atoms with Gasteiger partial charge in [0.2, 0.25) is 0 Å². The van der Waals surface area contributed by atoms with E-state index in [1.807, 2.05) is 0 Å². The molecule has 0 bridgehead atoms. The van der Waals surface area contributed by atoms with Crippen LogP contribution in [0.15, 0.2) is 35.2 Å². The van der Waals surface area contributed by atoms with E-state index in [2.05, 4.69) is 0 Å². The first kappa shape index (κ1) is 14.7. The van der Waals surface area contributed by atoms with E-state index in [0.717, 1.165) is 6.92 Å². The van der Waals surface area contributed by atoms with Crippen LogP contribution >= 0.6 is 22.6 Å². The molecule has 0 aliphatic carbocycles. The molecule has 2 nitrogen and oxygen atoms in total. The zero-order chi connectivity index (χ0) is 13.3. The summed E-state index contributed by atoms with van der Waals surface area (Å²) in [5, 5.41) is 0. The third-order valence-corrected chi connectivity index (χ3v) is 6.41. The van der Waals surface area contributed by atoms with Gasteiger partial charge in [0.1, 0.15) is 2.75 Å². The summed E-state index contributed by atoms with van der Waals surface area (Å²) >= 11 is 1.34. The fourth-order valence-corrected chi connectivity index (χ4v) is 3.85. The third-order valence-electron chi connectivity index (χ3n) is 2.13. The van der Waals surface area contributed by atoms with Crippen LogP contribution in [-0.2, 0) is 9.84 Å². The van der Waals surface area contributed by atoms with Gasteiger partial charge in [-0.2, -0.15) is 13.2 Å². The van der Waals surface area contributed by atoms with Crippen molar-refractivity contribution in [1.29, 1.82) is 0 Å². The molecule has 0 aliphatic rings. The predicted molar refractivity (Wildman–Crippen MR) is 66.7 cm³/mol. The molecule has 0 radical (unpaired) electrons. The van der Waals surface area contributed by atoms with Crippen molar-refractivity contribution in [1.82, 2.24) is 0 Å². The van der Waals surface area contributed by atoms with Gasteiger partial charge in [0.05, 0.1) is 11.3 Å². The summed E-state index contributed by atoms with van der Waals surface area (Å²) < 4.78 is 59.1. The second kappa shape index (κ2) is 4.75. The summed E-state index contributed by atoms with van der Waals surface area (Å²) in [7, 11) is -4.01. The van der Waals surface area contributed by atoms with Crippen molar-refractivity contribution in [3.05, 3.63) is 30.3 Å². The number of sulfone groups is 1. The van der Waals surface area contributed by atoms with Gasteiger partial charge in [-0.05, 0) is 19.1 Å². The average Bonchev–Trinajstić information content (AvgIpc) is 2.15. The van der Waals surface area contributed by atoms with Crippen molar-refractivity contribution >= 4 is 32.4 Å². The Morgan fingerprint density at radius 2 is 1.65 bits per heavy atom. The minimum Gasteiger partial charge on any atom is -0.222 e. The van der Waals surface area contributed by atoms with Crippen molar-refractivity contribution in [2.75, 3.05) is 0 Å². The molecule has 0 heterocycles. The van der Waals surface area contributed by atoms with Gasteiger partial charge < -0.3 is 0 Å². The fourth-order valence-electron chi connectivity index (χ4n) is 1.30. The Bertz CT molecular complexity index is 480. The van der Waals surface area contributed by atoms with Crippen molar-refractivity contribution in [2.45, 2.75) is 27.2 Å². The predicted octanol–water partition coefficient (Wildman–Crippen LogP) is 3.56. The van der Waals surface area contributed by atoms with Gasteiger partial charge in [-0.15, -0.1) is 0 Å². The SMILES string of the molecule is CC(I)(CC(F)(F)F)S(=O)(=O)c1ccccc1. The second-order valence-electron chi connectivity index (χ2n) is 3.71. The maximum atomic E-state index is 12.3. The molecule has 1 unspecified atom stereocenters. The largest absolute Gasteiger partial charge is 0.391 e. The normalized spacial score (nSPS) is 16.5. The standard InChI is InChI=1S/C10H10F3IO2S/c1-9(14,7-10(11,12)13)17(15,16)8-5-3-2-4-6-8/h2-6H,7H2,1H3. The Hall–Kier alpha value is -0.310. The van der Waals surface area contributed by atoms with Crippen LogP contribution in [0.2, 0.25) is 0 Å². The minimum absolute atomic E-state index is 0.0962. The molecule has 0 fully saturated rings. The van der Waals surface area contributed by atoms with Crippen LogP contribution in [-0.4, -0.2) is 17.3 Å². The lowest BCUT2D eigenvalue weighted by molar-refractivity contribution is -0.134. The van der Waals surface area contributed by atoms with Crippen molar-refractivity contribution in [3.8, 4) is 0 Å². The molecular weight excluding hydrogens is 368 g/mol. The highest BCUT2D eigenvalue weighted by Gasteiger charge is 2.46. The molecule has 0 aromatic heterocycles. The lowest BCUT2D eigenvalue weighted by Crippen LogP contribution is -2.34. The molecule has 7 heteroatoms. The number of halogens is 4. The molecule has 17 heavy (non-hydrogen) atoms. The zero-order valence-corrected chi connectivity index (χ0v) is 11.8. The highest BCUT2D eigenvalue weighted by atomic mass is 127. The molecule has 0 N–H and O–H groups in total. The van der Waals surface area contributed by atoms with E-state index < -0.39 is 25.2 Å². The first-order valence-electron chi connectivity index (χ1n) is 4.62. The summed E-state index contributed by atoms with van der Waals surface area (Å²) in [6.07, 6.45) is -5.89. The molecule has 1 rings (SSSR count). The van der Waals surface area contributed by atoms with Crippen LogP contribution in [0.3, 0.4) is 0 Å². The van der Waals surface area contributed by atoms with Gasteiger partial charge in [0.25, 0.3) is 0 Å². The van der Waals surface area contributed by atoms with Crippen LogP contribution in [0.1, 0.15) is 13.3 Å². The third kappa shape index (κ3) is 3.57. The molecular formula is C10H10F3IO2S. The van der Waals surface area contributed by atoms with Gasteiger partial charge in [-0.1, -0.05) is 40.8 Å². The Morgan fingerprint density at radius 3 is 2.06 bits per heavy atom. The zero-order valence-electron chi connectivity index (χ0n) is 8.83. The lowest BCUT2D eigenvalue weighted by Gasteiger charge is -2.24. The molecule has 0 saturated heterocycles. The molecule has 1 aromatic carbocycles. The smallest absolute Gasteiger partial charge is 0.222 e. The van der Waals surface area contributed by atoms with Gasteiger partial charge >= 0.3 is 6.18 Å². The van der Waals surface area contributed by atoms with E-state index in [9.17, 15) is 21.6 Å². The monoisotopic (exact) mass is 378 g/mol. The topological polar surface area (TPSA) is 34.1 Å². The highest BCUT2D eigenvalue weighted by Crippen LogP contribution is 2.40. The minimum atomic E-state index is -4.52. The lowest BCUT2D eigenvalue weighted by atomic mass is 10.3. The van der Waals surface area contributed by atoms with E-state index in [1.165, 1.54) is 46.9 Å². The maximum absolute atomic E-state index is 12.3. The average molecular weight is 378 g/mol. The molecule has 1 atom stereocenters. The van der Waals surface area contributed by atoms with Gasteiger partial charge in [0.15, 0.2) is 9.84 Å². The molecule has 0 saturated carbocycles. The Kier molecular flexibility index (Phi) is 4.12. The number of benzene rings is 1. The number of rotatable bonds is 3. The van der Waals surface area contributed by atoms with Crippen LogP contribution in [0.4, 0.5) is 13.2 Å². The number of alkyl halides is 4. The summed E-state index contributed by atoms with van der Waals surface area (Å²) in [6.45, 7) is 1.07. The van der Waals surface area contributed by atoms with Crippen LogP contribution < -0.4 is 0 Å². The molecule has 0 amide bonds. The van der Waals surface area contributed by atoms with E-state index in [-0.39, 0.29) is 4.90 Å². The van der Waals surface area contributed by atoms with E-state index in [4.69, 9.17) is 0 Å². The first-order chi connectivity index (χ1) is 7.56. The van der Waals surface area contributed by atoms with Crippen LogP contribution in [0, 0.1) is 0 Å². The maximum Gasteiger partial charge on any atom is 0.391 e. The van der Waals surface area contributed by atoms with Crippen molar-refractivity contribution in [2.24, 2.45) is 0 Å². The molecule has 0 aliphatic heterocycles. The van der Waals surface area contributed by atoms with E-state index in [1.54, 1.807) is 6.07 Å². The quantitative estimate of drug-likeness (QED) is 0.596. The fraction of sp³-hybridized carbons (Fsp3) is 0.400. The molecule has 1 aromatic rings. The molecule has 96 valence electrons. The summed E-state index contributed by atoms with van der Waals surface area (Å²) in [6, 6.07) is 7.15. The van der Waals surface area contributed by atoms with Crippen LogP contribution in [0.5, 0.6) is 0 Å². The Labute approximate surface area is 111 Å².